The molecule has 0 unspecified atom stereocenters. The van der Waals surface area contributed by atoms with E-state index in [1.807, 2.05) is 25.9 Å². The van der Waals surface area contributed by atoms with Crippen molar-refractivity contribution in [3.05, 3.63) is 40.3 Å². The molecule has 1 N–H and O–H groups in total. The Kier molecular flexibility index (Phi) is 3.16. The predicted octanol–water partition coefficient (Wildman–Crippen LogP) is 1.63. The summed E-state index contributed by atoms with van der Waals surface area (Å²) >= 11 is 0. The number of fused-ring (bicyclic) bond motifs is 1. The quantitative estimate of drug-likeness (QED) is 0.911. The zero-order valence-electron chi connectivity index (χ0n) is 12.8. The van der Waals surface area contributed by atoms with Crippen LogP contribution in [-0.4, -0.2) is 32.6 Å². The van der Waals surface area contributed by atoms with Gasteiger partial charge in [0, 0.05) is 38.1 Å². The molecule has 1 aliphatic rings. The van der Waals surface area contributed by atoms with E-state index in [2.05, 4.69) is 22.3 Å². The summed E-state index contributed by atoms with van der Waals surface area (Å²) in [7, 11) is 3.68. The number of hydrogen-bond acceptors (Lipinski definition) is 4. The zero-order valence-corrected chi connectivity index (χ0v) is 12.8. The third-order valence-electron chi connectivity index (χ3n) is 4.10. The van der Waals surface area contributed by atoms with Gasteiger partial charge in [-0.05, 0) is 25.0 Å². The van der Waals surface area contributed by atoms with E-state index in [-0.39, 0.29) is 5.91 Å². The molecule has 1 amide bonds. The summed E-state index contributed by atoms with van der Waals surface area (Å²) in [5, 5.41) is 7.20. The zero-order chi connectivity index (χ0) is 15.1. The normalized spacial score (nSPS) is 13.4. The van der Waals surface area contributed by atoms with Crippen molar-refractivity contribution in [1.82, 2.24) is 19.7 Å². The number of aryl methyl sites for hydroxylation is 2. The summed E-state index contributed by atoms with van der Waals surface area (Å²) in [5.74, 6) is 0.882. The highest BCUT2D eigenvalue weighted by Crippen LogP contribution is 2.32. The highest BCUT2D eigenvalue weighted by Gasteiger charge is 2.29. The first-order valence-electron chi connectivity index (χ1n) is 6.96. The standard InChI is InChI=1S/C15H19N5O/c1-9-10(2)18-14(16-3)13-8-20(7-12(9)13)15(21)11-5-17-19(4)6-11/h5-6H,7-8H2,1-4H3,(H,16,18). The van der Waals surface area contributed by atoms with Crippen LogP contribution in [0.25, 0.3) is 0 Å². The molecule has 0 bridgehead atoms. The van der Waals surface area contributed by atoms with E-state index in [0.717, 1.165) is 17.1 Å². The largest absolute Gasteiger partial charge is 0.373 e. The van der Waals surface area contributed by atoms with Crippen molar-refractivity contribution >= 4 is 11.7 Å². The van der Waals surface area contributed by atoms with Crippen molar-refractivity contribution in [1.29, 1.82) is 0 Å². The fraction of sp³-hybridized carbons (Fsp3) is 0.400. The third kappa shape index (κ3) is 2.16. The second-order valence-corrected chi connectivity index (χ2v) is 5.44. The maximum absolute atomic E-state index is 12.6. The van der Waals surface area contributed by atoms with Crippen LogP contribution < -0.4 is 5.32 Å². The van der Waals surface area contributed by atoms with Crippen LogP contribution in [0.5, 0.6) is 0 Å². The van der Waals surface area contributed by atoms with Gasteiger partial charge in [-0.3, -0.25) is 9.48 Å². The Morgan fingerprint density at radius 1 is 1.29 bits per heavy atom. The van der Waals surface area contributed by atoms with Gasteiger partial charge in [-0.1, -0.05) is 0 Å². The van der Waals surface area contributed by atoms with E-state index >= 15 is 0 Å². The van der Waals surface area contributed by atoms with Gasteiger partial charge < -0.3 is 10.2 Å². The molecule has 6 nitrogen and oxygen atoms in total. The number of nitrogens with zero attached hydrogens (tertiary/aromatic N) is 4. The van der Waals surface area contributed by atoms with Gasteiger partial charge in [0.15, 0.2) is 0 Å². The first kappa shape index (κ1) is 13.6. The predicted molar refractivity (Wildman–Crippen MR) is 80.0 cm³/mol. The Morgan fingerprint density at radius 3 is 2.62 bits per heavy atom. The highest BCUT2D eigenvalue weighted by atomic mass is 16.2. The van der Waals surface area contributed by atoms with Crippen molar-refractivity contribution in [3.63, 3.8) is 0 Å². The smallest absolute Gasteiger partial charge is 0.257 e. The number of anilines is 1. The van der Waals surface area contributed by atoms with Crippen molar-refractivity contribution in [2.75, 3.05) is 12.4 Å². The number of carbonyl (C=O) groups excluding carboxylic acids is 1. The molecule has 1 aliphatic heterocycles. The van der Waals surface area contributed by atoms with Gasteiger partial charge >= 0.3 is 0 Å². The molecule has 21 heavy (non-hydrogen) atoms. The van der Waals surface area contributed by atoms with Crippen LogP contribution in [0.2, 0.25) is 0 Å². The topological polar surface area (TPSA) is 63.1 Å². The average molecular weight is 285 g/mol. The Labute approximate surface area is 123 Å². The molecule has 0 radical (unpaired) electrons. The first-order valence-corrected chi connectivity index (χ1v) is 6.96. The van der Waals surface area contributed by atoms with E-state index in [1.165, 1.54) is 11.1 Å². The Morgan fingerprint density at radius 2 is 2.00 bits per heavy atom. The molecule has 0 aliphatic carbocycles. The van der Waals surface area contributed by atoms with Crippen LogP contribution >= 0.6 is 0 Å². The summed E-state index contributed by atoms with van der Waals surface area (Å²) in [6.07, 6.45) is 3.36. The molecule has 3 rings (SSSR count). The summed E-state index contributed by atoms with van der Waals surface area (Å²) in [6.45, 7) is 5.29. The molecule has 0 aromatic carbocycles. The Balaban J connectivity index is 1.94. The lowest BCUT2D eigenvalue weighted by atomic mass is 10.0. The first-order chi connectivity index (χ1) is 10.0. The molecule has 2 aromatic rings. The van der Waals surface area contributed by atoms with Crippen LogP contribution in [0.3, 0.4) is 0 Å². The van der Waals surface area contributed by atoms with Crippen LogP contribution in [0.1, 0.15) is 32.7 Å². The van der Waals surface area contributed by atoms with Crippen LogP contribution in [0.15, 0.2) is 12.4 Å². The molecule has 0 spiro atoms. The molecule has 0 saturated carbocycles. The van der Waals surface area contributed by atoms with Crippen molar-refractivity contribution in [2.24, 2.45) is 7.05 Å². The van der Waals surface area contributed by atoms with Crippen LogP contribution in [-0.2, 0) is 20.1 Å². The fourth-order valence-electron chi connectivity index (χ4n) is 2.79. The molecule has 6 heteroatoms. The lowest BCUT2D eigenvalue weighted by Crippen LogP contribution is -2.25. The number of hydrogen-bond donors (Lipinski definition) is 1. The van der Waals surface area contributed by atoms with E-state index in [4.69, 9.17) is 0 Å². The number of amides is 1. The van der Waals surface area contributed by atoms with Crippen molar-refractivity contribution in [2.45, 2.75) is 26.9 Å². The second-order valence-electron chi connectivity index (χ2n) is 5.44. The molecule has 2 aromatic heterocycles. The van der Waals surface area contributed by atoms with Gasteiger partial charge in [-0.25, -0.2) is 4.98 Å². The lowest BCUT2D eigenvalue weighted by molar-refractivity contribution is 0.0751. The van der Waals surface area contributed by atoms with Crippen LogP contribution in [0.4, 0.5) is 5.82 Å². The summed E-state index contributed by atoms with van der Waals surface area (Å²) in [5.41, 5.74) is 5.14. The molecule has 0 fully saturated rings. The molecule has 0 atom stereocenters. The number of pyridine rings is 1. The summed E-state index contributed by atoms with van der Waals surface area (Å²) < 4.78 is 1.65. The Hall–Kier alpha value is -2.37. The van der Waals surface area contributed by atoms with Gasteiger partial charge in [-0.2, -0.15) is 5.10 Å². The molecule has 0 saturated heterocycles. The SMILES string of the molecule is CNc1nc(C)c(C)c2c1CN(C(=O)c1cnn(C)c1)C2. The maximum atomic E-state index is 12.6. The molecule has 3 heterocycles. The Bertz CT molecular complexity index is 719. The second kappa shape index (κ2) is 4.87. The summed E-state index contributed by atoms with van der Waals surface area (Å²) in [4.78, 5) is 19.0. The number of aromatic nitrogens is 3. The van der Waals surface area contributed by atoms with E-state index in [9.17, 15) is 4.79 Å². The van der Waals surface area contributed by atoms with Crippen molar-refractivity contribution in [3.8, 4) is 0 Å². The highest BCUT2D eigenvalue weighted by molar-refractivity contribution is 5.94. The number of carbonyl (C=O) groups is 1. The van der Waals surface area contributed by atoms with Crippen molar-refractivity contribution < 1.29 is 4.79 Å². The molecular weight excluding hydrogens is 266 g/mol. The van der Waals surface area contributed by atoms with Gasteiger partial charge in [0.2, 0.25) is 0 Å². The number of nitrogens with one attached hydrogen (secondary N) is 1. The molecular formula is C15H19N5O. The third-order valence-corrected chi connectivity index (χ3v) is 4.10. The minimum Gasteiger partial charge on any atom is -0.373 e. The van der Waals surface area contributed by atoms with Gasteiger partial charge in [-0.15, -0.1) is 0 Å². The monoisotopic (exact) mass is 285 g/mol. The van der Waals surface area contributed by atoms with Crippen LogP contribution in [0, 0.1) is 13.8 Å². The fourth-order valence-corrected chi connectivity index (χ4v) is 2.79. The maximum Gasteiger partial charge on any atom is 0.257 e. The average Bonchev–Trinajstić information content (AvgIpc) is 3.08. The lowest BCUT2D eigenvalue weighted by Gasteiger charge is -2.14. The van der Waals surface area contributed by atoms with E-state index < -0.39 is 0 Å². The summed E-state index contributed by atoms with van der Waals surface area (Å²) in [6, 6.07) is 0. The number of rotatable bonds is 2. The van der Waals surface area contributed by atoms with Gasteiger partial charge in [0.1, 0.15) is 5.82 Å². The van der Waals surface area contributed by atoms with E-state index in [1.54, 1.807) is 17.1 Å². The molecule has 110 valence electrons. The minimum atomic E-state index is 0.0124. The van der Waals surface area contributed by atoms with Gasteiger partial charge in [0.25, 0.3) is 5.91 Å². The van der Waals surface area contributed by atoms with Gasteiger partial charge in [0.05, 0.1) is 18.3 Å². The van der Waals surface area contributed by atoms with E-state index in [0.29, 0.717) is 18.7 Å². The minimum absolute atomic E-state index is 0.0124.